The van der Waals surface area contributed by atoms with Crippen LogP contribution in [0, 0.1) is 0 Å². The van der Waals surface area contributed by atoms with Crippen molar-refractivity contribution in [3.8, 4) is 0 Å². The van der Waals surface area contributed by atoms with E-state index in [9.17, 15) is 14.7 Å². The van der Waals surface area contributed by atoms with E-state index in [1.165, 1.54) is 0 Å². The number of ether oxygens (including phenoxy) is 1. The lowest BCUT2D eigenvalue weighted by atomic mass is 9.93. The predicted molar refractivity (Wildman–Crippen MR) is 87.3 cm³/mol. The Kier molecular flexibility index (Phi) is 7.59. The molecule has 0 saturated heterocycles. The smallest absolute Gasteiger partial charge is 0.338 e. The van der Waals surface area contributed by atoms with Crippen LogP contribution in [0.1, 0.15) is 48.0 Å². The topological polar surface area (TPSA) is 128 Å². The lowest BCUT2D eigenvalue weighted by Gasteiger charge is -2.13. The summed E-state index contributed by atoms with van der Waals surface area (Å²) in [4.78, 5) is 26.9. The number of unbranched alkanes of at least 4 members (excludes halogenated alkanes) is 1. The molecule has 126 valence electrons. The van der Waals surface area contributed by atoms with Crippen LogP contribution in [0.4, 0.5) is 0 Å². The largest absolute Gasteiger partial charge is 0.481 e. The highest BCUT2D eigenvalue weighted by atomic mass is 16.5. The van der Waals surface area contributed by atoms with Crippen molar-refractivity contribution in [3.63, 3.8) is 0 Å². The van der Waals surface area contributed by atoms with Crippen LogP contribution < -0.4 is 11.5 Å². The first kappa shape index (κ1) is 18.5. The van der Waals surface area contributed by atoms with E-state index < -0.39 is 17.9 Å². The van der Waals surface area contributed by atoms with Crippen LogP contribution in [0.25, 0.3) is 0 Å². The first-order valence-corrected chi connectivity index (χ1v) is 7.51. The monoisotopic (exact) mass is 321 g/mol. The Bertz CT molecular complexity index is 551. The Morgan fingerprint density at radius 1 is 1.22 bits per heavy atom. The second kappa shape index (κ2) is 9.45. The van der Waals surface area contributed by atoms with Gasteiger partial charge in [-0.2, -0.15) is 0 Å². The summed E-state index contributed by atoms with van der Waals surface area (Å²) in [6.45, 7) is 2.51. The van der Waals surface area contributed by atoms with E-state index in [4.69, 9.17) is 16.2 Å². The summed E-state index contributed by atoms with van der Waals surface area (Å²) < 4.78 is 4.90. The molecule has 1 aromatic carbocycles. The number of aliphatic imine (C=N–C) groups is 1. The van der Waals surface area contributed by atoms with E-state index in [2.05, 4.69) is 4.99 Å². The number of carbonyl (C=O) groups excluding carboxylic acids is 1. The summed E-state index contributed by atoms with van der Waals surface area (Å²) in [5, 5.41) is 9.37. The highest BCUT2D eigenvalue weighted by Crippen LogP contribution is 2.23. The maximum Gasteiger partial charge on any atom is 0.338 e. The third-order valence-electron chi connectivity index (χ3n) is 3.32. The molecule has 0 aliphatic carbocycles. The van der Waals surface area contributed by atoms with Crippen LogP contribution >= 0.6 is 0 Å². The van der Waals surface area contributed by atoms with Crippen molar-refractivity contribution < 1.29 is 19.4 Å². The molecule has 0 aromatic heterocycles. The van der Waals surface area contributed by atoms with Gasteiger partial charge in [0.1, 0.15) is 0 Å². The lowest BCUT2D eigenvalue weighted by Crippen LogP contribution is -2.23. The number of guanidine groups is 1. The molecule has 1 unspecified atom stereocenters. The standard InChI is InChI=1S/C16H23N3O4/c1-2-23-15(22)12-8-6-11(7-9-12)13(14(20)21)5-3-4-10-19-16(17)18/h6-9,13H,2-5,10H2,1H3,(H,20,21)(H4,17,18,19). The molecule has 0 spiro atoms. The normalized spacial score (nSPS) is 11.5. The molecule has 0 fully saturated rings. The van der Waals surface area contributed by atoms with Crippen molar-refractivity contribution in [2.24, 2.45) is 16.5 Å². The SMILES string of the molecule is CCOC(=O)c1ccc(C(CCCCN=C(N)N)C(=O)O)cc1. The summed E-state index contributed by atoms with van der Waals surface area (Å²) in [5.41, 5.74) is 11.5. The maximum absolute atomic E-state index is 11.6. The Morgan fingerprint density at radius 2 is 1.87 bits per heavy atom. The molecule has 7 nitrogen and oxygen atoms in total. The molecule has 0 saturated carbocycles. The Balaban J connectivity index is 2.65. The number of aliphatic carboxylic acids is 1. The van der Waals surface area contributed by atoms with E-state index in [1.807, 2.05) is 0 Å². The van der Waals surface area contributed by atoms with Gasteiger partial charge in [0.25, 0.3) is 0 Å². The molecule has 0 aliphatic heterocycles. The van der Waals surface area contributed by atoms with Crippen LogP contribution in [0.2, 0.25) is 0 Å². The molecule has 7 heteroatoms. The zero-order valence-electron chi connectivity index (χ0n) is 13.2. The van der Waals surface area contributed by atoms with Gasteiger partial charge >= 0.3 is 11.9 Å². The van der Waals surface area contributed by atoms with Gasteiger partial charge in [-0.3, -0.25) is 9.79 Å². The minimum absolute atomic E-state index is 0.0364. The van der Waals surface area contributed by atoms with Gasteiger partial charge in [0.05, 0.1) is 18.1 Å². The third kappa shape index (κ3) is 6.37. The number of carboxylic acids is 1. The minimum atomic E-state index is -0.893. The van der Waals surface area contributed by atoms with Gasteiger partial charge in [-0.25, -0.2) is 4.79 Å². The molecule has 0 aliphatic rings. The van der Waals surface area contributed by atoms with Gasteiger partial charge in [-0.15, -0.1) is 0 Å². The average Bonchev–Trinajstić information content (AvgIpc) is 2.50. The van der Waals surface area contributed by atoms with Crippen LogP contribution in [0.15, 0.2) is 29.3 Å². The number of nitrogens with zero attached hydrogens (tertiary/aromatic N) is 1. The van der Waals surface area contributed by atoms with Gasteiger partial charge in [-0.05, 0) is 37.5 Å². The maximum atomic E-state index is 11.6. The first-order valence-electron chi connectivity index (χ1n) is 7.51. The van der Waals surface area contributed by atoms with Crippen LogP contribution in [0.5, 0.6) is 0 Å². The Labute approximate surface area is 135 Å². The van der Waals surface area contributed by atoms with Crippen LogP contribution in [-0.2, 0) is 9.53 Å². The lowest BCUT2D eigenvalue weighted by molar-refractivity contribution is -0.139. The number of carboxylic acid groups (broad SMARTS) is 1. The van der Waals surface area contributed by atoms with E-state index in [-0.39, 0.29) is 5.96 Å². The van der Waals surface area contributed by atoms with Crippen molar-refractivity contribution in [1.29, 1.82) is 0 Å². The van der Waals surface area contributed by atoms with E-state index in [0.717, 1.165) is 0 Å². The summed E-state index contributed by atoms with van der Waals surface area (Å²) >= 11 is 0. The van der Waals surface area contributed by atoms with Gasteiger partial charge < -0.3 is 21.3 Å². The zero-order chi connectivity index (χ0) is 17.2. The summed E-state index contributed by atoms with van der Waals surface area (Å²) in [7, 11) is 0. The summed E-state index contributed by atoms with van der Waals surface area (Å²) in [5.74, 6) is -1.89. The highest BCUT2D eigenvalue weighted by Gasteiger charge is 2.19. The number of rotatable bonds is 9. The molecule has 1 rings (SSSR count). The van der Waals surface area contributed by atoms with Crippen molar-refractivity contribution in [2.45, 2.75) is 32.1 Å². The molecular weight excluding hydrogens is 298 g/mol. The number of carbonyl (C=O) groups is 2. The predicted octanol–water partition coefficient (Wildman–Crippen LogP) is 1.48. The molecule has 0 radical (unpaired) electrons. The second-order valence-electron chi connectivity index (χ2n) is 5.04. The number of benzene rings is 1. The number of nitrogens with two attached hydrogens (primary N) is 2. The average molecular weight is 321 g/mol. The molecule has 0 amide bonds. The Hall–Kier alpha value is -2.57. The van der Waals surface area contributed by atoms with Crippen molar-refractivity contribution in [1.82, 2.24) is 0 Å². The van der Waals surface area contributed by atoms with Gasteiger partial charge in [0, 0.05) is 6.54 Å². The zero-order valence-corrected chi connectivity index (χ0v) is 13.2. The van der Waals surface area contributed by atoms with E-state index >= 15 is 0 Å². The third-order valence-corrected chi connectivity index (χ3v) is 3.32. The molecule has 0 heterocycles. The highest BCUT2D eigenvalue weighted by molar-refractivity contribution is 5.89. The van der Waals surface area contributed by atoms with E-state index in [1.54, 1.807) is 31.2 Å². The van der Waals surface area contributed by atoms with Gasteiger partial charge in [-0.1, -0.05) is 18.6 Å². The fraction of sp³-hybridized carbons (Fsp3) is 0.438. The number of hydrogen-bond donors (Lipinski definition) is 3. The fourth-order valence-corrected chi connectivity index (χ4v) is 2.17. The van der Waals surface area contributed by atoms with Gasteiger partial charge in [0.15, 0.2) is 5.96 Å². The molecule has 1 aromatic rings. The molecular formula is C16H23N3O4. The Morgan fingerprint density at radius 3 is 2.39 bits per heavy atom. The first-order chi connectivity index (χ1) is 11.0. The summed E-state index contributed by atoms with van der Waals surface area (Å²) in [6, 6.07) is 6.48. The van der Waals surface area contributed by atoms with Crippen molar-refractivity contribution in [3.05, 3.63) is 35.4 Å². The van der Waals surface area contributed by atoms with Crippen LogP contribution in [-0.4, -0.2) is 36.2 Å². The molecule has 23 heavy (non-hydrogen) atoms. The minimum Gasteiger partial charge on any atom is -0.481 e. The van der Waals surface area contributed by atoms with Gasteiger partial charge in [0.2, 0.25) is 0 Å². The van der Waals surface area contributed by atoms with Crippen molar-refractivity contribution in [2.75, 3.05) is 13.2 Å². The molecule has 1 atom stereocenters. The van der Waals surface area contributed by atoms with Crippen LogP contribution in [0.3, 0.4) is 0 Å². The fourth-order valence-electron chi connectivity index (χ4n) is 2.17. The molecule has 0 bridgehead atoms. The molecule has 5 N–H and O–H groups in total. The quantitative estimate of drug-likeness (QED) is 0.273. The summed E-state index contributed by atoms with van der Waals surface area (Å²) in [6.07, 6.45) is 1.88. The number of esters is 1. The second-order valence-corrected chi connectivity index (χ2v) is 5.04. The number of hydrogen-bond acceptors (Lipinski definition) is 4. The van der Waals surface area contributed by atoms with E-state index in [0.29, 0.717) is 43.5 Å². The van der Waals surface area contributed by atoms with Crippen molar-refractivity contribution >= 4 is 17.9 Å².